The number of amides is 1. The number of halogens is 2. The largest absolute Gasteiger partial charge is 0.482 e. The minimum atomic E-state index is -0.157. The third kappa shape index (κ3) is 5.05. The van der Waals surface area contributed by atoms with Crippen molar-refractivity contribution in [2.45, 2.75) is 19.3 Å². The van der Waals surface area contributed by atoms with Gasteiger partial charge < -0.3 is 15.0 Å². The van der Waals surface area contributed by atoms with E-state index in [1.807, 2.05) is 0 Å². The Morgan fingerprint density at radius 3 is 2.88 bits per heavy atom. The SMILES string of the molecule is O=C(COc1ccc(Cl)cc1Cl)NCCCN1CCCc2ccccc21. The second-order valence-electron chi connectivity index (χ2n) is 6.29. The molecule has 4 nitrogen and oxygen atoms in total. The number of hydrogen-bond acceptors (Lipinski definition) is 3. The Bertz CT molecular complexity index is 767. The predicted molar refractivity (Wildman–Crippen MR) is 107 cm³/mol. The maximum Gasteiger partial charge on any atom is 0.257 e. The van der Waals surface area contributed by atoms with Crippen molar-refractivity contribution >= 4 is 34.8 Å². The zero-order valence-corrected chi connectivity index (χ0v) is 16.0. The Morgan fingerprint density at radius 2 is 2.04 bits per heavy atom. The number of nitrogens with one attached hydrogen (secondary N) is 1. The lowest BCUT2D eigenvalue weighted by atomic mass is 10.0. The highest BCUT2D eigenvalue weighted by molar-refractivity contribution is 6.35. The van der Waals surface area contributed by atoms with Crippen LogP contribution in [-0.2, 0) is 11.2 Å². The van der Waals surface area contributed by atoms with Gasteiger partial charge in [0.2, 0.25) is 0 Å². The number of carbonyl (C=O) groups is 1. The second kappa shape index (κ2) is 9.15. The van der Waals surface area contributed by atoms with Gasteiger partial charge in [-0.2, -0.15) is 0 Å². The average Bonchev–Trinajstić information content (AvgIpc) is 2.64. The van der Waals surface area contributed by atoms with Crippen LogP contribution in [0.25, 0.3) is 0 Å². The van der Waals surface area contributed by atoms with Crippen LogP contribution in [0.5, 0.6) is 5.75 Å². The van der Waals surface area contributed by atoms with Crippen LogP contribution >= 0.6 is 23.2 Å². The smallest absolute Gasteiger partial charge is 0.257 e. The molecular formula is C20H22Cl2N2O2. The van der Waals surface area contributed by atoms with E-state index in [9.17, 15) is 4.79 Å². The molecule has 1 aliphatic heterocycles. The van der Waals surface area contributed by atoms with E-state index in [2.05, 4.69) is 34.5 Å². The van der Waals surface area contributed by atoms with E-state index in [4.69, 9.17) is 27.9 Å². The molecule has 0 radical (unpaired) electrons. The number of carbonyl (C=O) groups excluding carboxylic acids is 1. The highest BCUT2D eigenvalue weighted by Gasteiger charge is 2.15. The minimum absolute atomic E-state index is 0.0616. The lowest BCUT2D eigenvalue weighted by molar-refractivity contribution is -0.123. The molecule has 0 aromatic heterocycles. The fourth-order valence-electron chi connectivity index (χ4n) is 3.13. The molecule has 0 saturated heterocycles. The Balaban J connectivity index is 1.38. The molecular weight excluding hydrogens is 371 g/mol. The van der Waals surface area contributed by atoms with Gasteiger partial charge in [0.25, 0.3) is 5.91 Å². The molecule has 1 aliphatic rings. The number of para-hydroxylation sites is 1. The zero-order valence-electron chi connectivity index (χ0n) is 14.5. The Hall–Kier alpha value is -1.91. The van der Waals surface area contributed by atoms with E-state index < -0.39 is 0 Å². The van der Waals surface area contributed by atoms with Crippen molar-refractivity contribution in [1.29, 1.82) is 0 Å². The summed E-state index contributed by atoms with van der Waals surface area (Å²) in [6.07, 6.45) is 3.22. The molecule has 26 heavy (non-hydrogen) atoms. The molecule has 0 spiro atoms. The molecule has 0 atom stereocenters. The predicted octanol–water partition coefficient (Wildman–Crippen LogP) is 4.33. The van der Waals surface area contributed by atoms with Gasteiger partial charge in [0.15, 0.2) is 6.61 Å². The normalized spacial score (nSPS) is 13.2. The fraction of sp³-hybridized carbons (Fsp3) is 0.350. The van der Waals surface area contributed by atoms with Crippen molar-refractivity contribution in [3.05, 3.63) is 58.1 Å². The Morgan fingerprint density at radius 1 is 1.19 bits per heavy atom. The molecule has 0 unspecified atom stereocenters. The third-order valence-corrected chi connectivity index (χ3v) is 4.92. The number of anilines is 1. The fourth-order valence-corrected chi connectivity index (χ4v) is 3.59. The lowest BCUT2D eigenvalue weighted by Gasteiger charge is -2.31. The number of benzene rings is 2. The van der Waals surface area contributed by atoms with Gasteiger partial charge in [-0.05, 0) is 49.1 Å². The first-order valence-electron chi connectivity index (χ1n) is 8.81. The van der Waals surface area contributed by atoms with Gasteiger partial charge >= 0.3 is 0 Å². The standard InChI is InChI=1S/C20H22Cl2N2O2/c21-16-8-9-19(17(22)13-16)26-14-20(25)23-10-4-12-24-11-3-6-15-5-1-2-7-18(15)24/h1-2,5,7-9,13H,3-4,6,10-12,14H2,(H,23,25). The summed E-state index contributed by atoms with van der Waals surface area (Å²) < 4.78 is 5.43. The summed E-state index contributed by atoms with van der Waals surface area (Å²) >= 11 is 11.9. The summed E-state index contributed by atoms with van der Waals surface area (Å²) in [7, 11) is 0. The Kier molecular flexibility index (Phi) is 6.64. The molecule has 3 rings (SSSR count). The molecule has 2 aromatic rings. The molecule has 6 heteroatoms. The number of nitrogens with zero attached hydrogens (tertiary/aromatic N) is 1. The first kappa shape index (κ1) is 18.9. The van der Waals surface area contributed by atoms with E-state index in [0.29, 0.717) is 22.3 Å². The first-order chi connectivity index (χ1) is 12.6. The second-order valence-corrected chi connectivity index (χ2v) is 7.13. The van der Waals surface area contributed by atoms with Crippen LogP contribution in [0, 0.1) is 0 Å². The number of aryl methyl sites for hydroxylation is 1. The molecule has 1 amide bonds. The highest BCUT2D eigenvalue weighted by atomic mass is 35.5. The molecule has 0 fully saturated rings. The van der Waals surface area contributed by atoms with Crippen molar-refractivity contribution in [3.8, 4) is 5.75 Å². The quantitative estimate of drug-likeness (QED) is 0.712. The van der Waals surface area contributed by atoms with Gasteiger partial charge in [-0.15, -0.1) is 0 Å². The minimum Gasteiger partial charge on any atom is -0.482 e. The summed E-state index contributed by atoms with van der Waals surface area (Å²) in [6, 6.07) is 13.5. The van der Waals surface area contributed by atoms with Crippen LogP contribution in [0.3, 0.4) is 0 Å². The molecule has 0 bridgehead atoms. The number of rotatable bonds is 7. The first-order valence-corrected chi connectivity index (χ1v) is 9.56. The average molecular weight is 393 g/mol. The summed E-state index contributed by atoms with van der Waals surface area (Å²) in [5, 5.41) is 3.82. The van der Waals surface area contributed by atoms with Gasteiger partial charge in [0, 0.05) is 30.3 Å². The van der Waals surface area contributed by atoms with E-state index in [0.717, 1.165) is 25.9 Å². The molecule has 0 saturated carbocycles. The van der Waals surface area contributed by atoms with E-state index in [-0.39, 0.29) is 12.5 Å². The van der Waals surface area contributed by atoms with Gasteiger partial charge in [-0.25, -0.2) is 0 Å². The van der Waals surface area contributed by atoms with Gasteiger partial charge in [0.1, 0.15) is 5.75 Å². The number of hydrogen-bond donors (Lipinski definition) is 1. The molecule has 1 heterocycles. The van der Waals surface area contributed by atoms with E-state index >= 15 is 0 Å². The van der Waals surface area contributed by atoms with E-state index in [1.165, 1.54) is 17.7 Å². The highest BCUT2D eigenvalue weighted by Crippen LogP contribution is 2.27. The van der Waals surface area contributed by atoms with Crippen LogP contribution in [0.15, 0.2) is 42.5 Å². The maximum atomic E-state index is 11.9. The van der Waals surface area contributed by atoms with Crippen molar-refractivity contribution in [1.82, 2.24) is 5.32 Å². The van der Waals surface area contributed by atoms with Crippen LogP contribution in [0.1, 0.15) is 18.4 Å². The number of fused-ring (bicyclic) bond motifs is 1. The maximum absolute atomic E-state index is 11.9. The molecule has 138 valence electrons. The molecule has 0 aliphatic carbocycles. The lowest BCUT2D eigenvalue weighted by Crippen LogP contribution is -2.34. The van der Waals surface area contributed by atoms with Crippen molar-refractivity contribution in [3.63, 3.8) is 0 Å². The summed E-state index contributed by atoms with van der Waals surface area (Å²) in [6.45, 7) is 2.56. The van der Waals surface area contributed by atoms with Gasteiger partial charge in [-0.1, -0.05) is 41.4 Å². The third-order valence-electron chi connectivity index (χ3n) is 4.39. The monoisotopic (exact) mass is 392 g/mol. The van der Waals surface area contributed by atoms with Crippen molar-refractivity contribution in [2.75, 3.05) is 31.1 Å². The topological polar surface area (TPSA) is 41.6 Å². The summed E-state index contributed by atoms with van der Waals surface area (Å²) in [4.78, 5) is 14.3. The van der Waals surface area contributed by atoms with Crippen LogP contribution in [0.2, 0.25) is 10.0 Å². The summed E-state index contributed by atoms with van der Waals surface area (Å²) in [5.74, 6) is 0.297. The molecule has 1 N–H and O–H groups in total. The van der Waals surface area contributed by atoms with Crippen molar-refractivity contribution < 1.29 is 9.53 Å². The van der Waals surface area contributed by atoms with Crippen LogP contribution in [0.4, 0.5) is 5.69 Å². The zero-order chi connectivity index (χ0) is 18.4. The van der Waals surface area contributed by atoms with Crippen LogP contribution < -0.4 is 15.0 Å². The van der Waals surface area contributed by atoms with E-state index in [1.54, 1.807) is 18.2 Å². The molecule has 2 aromatic carbocycles. The van der Waals surface area contributed by atoms with Gasteiger partial charge in [-0.3, -0.25) is 4.79 Å². The van der Waals surface area contributed by atoms with Crippen LogP contribution in [-0.4, -0.2) is 32.1 Å². The van der Waals surface area contributed by atoms with Gasteiger partial charge in [0.05, 0.1) is 5.02 Å². The summed E-state index contributed by atoms with van der Waals surface area (Å²) in [5.41, 5.74) is 2.74. The number of ether oxygens (including phenoxy) is 1. The Labute approximate surface area is 164 Å². The van der Waals surface area contributed by atoms with Crippen molar-refractivity contribution in [2.24, 2.45) is 0 Å².